The van der Waals surface area contributed by atoms with E-state index in [2.05, 4.69) is 32.4 Å². The van der Waals surface area contributed by atoms with Gasteiger partial charge in [0.15, 0.2) is 5.96 Å². The maximum Gasteiger partial charge on any atom is 0.193 e. The Balaban J connectivity index is 0.00000288. The van der Waals surface area contributed by atoms with Gasteiger partial charge in [0, 0.05) is 46.1 Å². The van der Waals surface area contributed by atoms with Gasteiger partial charge < -0.3 is 15.0 Å². The first kappa shape index (κ1) is 20.3. The number of aryl methyl sites for hydroxylation is 1. The summed E-state index contributed by atoms with van der Waals surface area (Å²) in [6.45, 7) is 2.56. The molecule has 1 aromatic carbocycles. The number of benzene rings is 1. The summed E-state index contributed by atoms with van der Waals surface area (Å²) in [6, 6.07) is 10.0. The Bertz CT molecular complexity index is 598. The van der Waals surface area contributed by atoms with E-state index < -0.39 is 0 Å². The van der Waals surface area contributed by atoms with Crippen LogP contribution in [0.3, 0.4) is 0 Å². The van der Waals surface area contributed by atoms with Gasteiger partial charge in [-0.15, -0.1) is 24.0 Å². The second-order valence-corrected chi connectivity index (χ2v) is 5.30. The average molecular weight is 443 g/mol. The molecule has 2 rings (SSSR count). The zero-order chi connectivity index (χ0) is 16.5. The molecule has 0 aliphatic heterocycles. The quantitative estimate of drug-likeness (QED) is 0.310. The first-order valence-electron chi connectivity index (χ1n) is 7.75. The van der Waals surface area contributed by atoms with Gasteiger partial charge in [-0.1, -0.05) is 12.1 Å². The Morgan fingerprint density at radius 2 is 2.08 bits per heavy atom. The topological polar surface area (TPSA) is 54.7 Å². The van der Waals surface area contributed by atoms with Crippen molar-refractivity contribution in [3.8, 4) is 5.75 Å². The van der Waals surface area contributed by atoms with Crippen molar-refractivity contribution in [1.82, 2.24) is 20.0 Å². The summed E-state index contributed by atoms with van der Waals surface area (Å²) < 4.78 is 7.12. The summed E-state index contributed by atoms with van der Waals surface area (Å²) in [4.78, 5) is 6.44. The highest BCUT2D eigenvalue weighted by molar-refractivity contribution is 14.0. The number of methoxy groups -OCH3 is 1. The van der Waals surface area contributed by atoms with Crippen molar-refractivity contribution in [2.75, 3.05) is 27.7 Å². The van der Waals surface area contributed by atoms with Crippen molar-refractivity contribution in [1.29, 1.82) is 0 Å². The van der Waals surface area contributed by atoms with E-state index >= 15 is 0 Å². The summed E-state index contributed by atoms with van der Waals surface area (Å²) in [6.07, 6.45) is 4.77. The van der Waals surface area contributed by atoms with Crippen LogP contribution in [0.2, 0.25) is 0 Å². The number of guanidine groups is 1. The summed E-state index contributed by atoms with van der Waals surface area (Å²) in [5.74, 6) is 1.76. The number of rotatable bonds is 7. The van der Waals surface area contributed by atoms with Gasteiger partial charge >= 0.3 is 0 Å². The van der Waals surface area contributed by atoms with Crippen LogP contribution in [0.5, 0.6) is 5.75 Å². The third kappa shape index (κ3) is 6.38. The minimum Gasteiger partial charge on any atom is -0.497 e. The first-order chi connectivity index (χ1) is 11.2. The molecule has 6 nitrogen and oxygen atoms in total. The van der Waals surface area contributed by atoms with E-state index in [1.54, 1.807) is 20.4 Å². The minimum absolute atomic E-state index is 0. The maximum atomic E-state index is 5.18. The van der Waals surface area contributed by atoms with Crippen molar-refractivity contribution in [3.05, 3.63) is 48.3 Å². The lowest BCUT2D eigenvalue weighted by Gasteiger charge is -2.22. The number of ether oxygens (including phenoxy) is 1. The highest BCUT2D eigenvalue weighted by Gasteiger charge is 2.06. The van der Waals surface area contributed by atoms with Crippen molar-refractivity contribution in [2.45, 2.75) is 19.5 Å². The van der Waals surface area contributed by atoms with Gasteiger partial charge in [0.25, 0.3) is 0 Å². The van der Waals surface area contributed by atoms with Gasteiger partial charge in [0.1, 0.15) is 5.75 Å². The number of nitrogens with one attached hydrogen (secondary N) is 1. The summed E-state index contributed by atoms with van der Waals surface area (Å²) in [5.41, 5.74) is 1.22. The Morgan fingerprint density at radius 1 is 1.33 bits per heavy atom. The van der Waals surface area contributed by atoms with Gasteiger partial charge in [-0.2, -0.15) is 5.10 Å². The SMILES string of the molecule is CN=C(NCCCn1cccn1)N(C)Cc1ccc(OC)cc1.I. The van der Waals surface area contributed by atoms with Crippen molar-refractivity contribution in [2.24, 2.45) is 4.99 Å². The second-order valence-electron chi connectivity index (χ2n) is 5.30. The van der Waals surface area contributed by atoms with Crippen LogP contribution in [0.15, 0.2) is 47.7 Å². The number of hydrogen-bond donors (Lipinski definition) is 1. The Morgan fingerprint density at radius 3 is 2.67 bits per heavy atom. The number of aromatic nitrogens is 2. The normalized spacial score (nSPS) is 10.9. The summed E-state index contributed by atoms with van der Waals surface area (Å²) >= 11 is 0. The number of aliphatic imine (C=N–C) groups is 1. The van der Waals surface area contributed by atoms with Gasteiger partial charge in [-0.25, -0.2) is 0 Å². The molecule has 0 fully saturated rings. The van der Waals surface area contributed by atoms with Crippen LogP contribution in [-0.4, -0.2) is 48.4 Å². The lowest BCUT2D eigenvalue weighted by molar-refractivity contribution is 0.414. The molecule has 0 aliphatic rings. The molecule has 1 heterocycles. The fourth-order valence-corrected chi connectivity index (χ4v) is 2.34. The van der Waals surface area contributed by atoms with E-state index in [-0.39, 0.29) is 24.0 Å². The number of hydrogen-bond acceptors (Lipinski definition) is 3. The van der Waals surface area contributed by atoms with Crippen LogP contribution in [0.1, 0.15) is 12.0 Å². The highest BCUT2D eigenvalue weighted by atomic mass is 127. The Labute approximate surface area is 160 Å². The van der Waals surface area contributed by atoms with Crippen molar-refractivity contribution >= 4 is 29.9 Å². The van der Waals surface area contributed by atoms with Crippen LogP contribution in [-0.2, 0) is 13.1 Å². The van der Waals surface area contributed by atoms with E-state index in [4.69, 9.17) is 4.74 Å². The molecule has 132 valence electrons. The monoisotopic (exact) mass is 443 g/mol. The summed E-state index contributed by atoms with van der Waals surface area (Å²) in [7, 11) is 5.52. The smallest absolute Gasteiger partial charge is 0.193 e. The van der Waals surface area contributed by atoms with Crippen LogP contribution >= 0.6 is 24.0 Å². The van der Waals surface area contributed by atoms with E-state index in [0.717, 1.165) is 37.8 Å². The average Bonchev–Trinajstić information content (AvgIpc) is 3.09. The Hall–Kier alpha value is -1.77. The highest BCUT2D eigenvalue weighted by Crippen LogP contribution is 2.12. The molecule has 0 saturated heterocycles. The standard InChI is InChI=1S/C17H25N5O.HI/c1-18-17(19-10-4-12-22-13-5-11-20-22)21(2)14-15-6-8-16(23-3)9-7-15;/h5-9,11,13H,4,10,12,14H2,1-3H3,(H,18,19);1H. The lowest BCUT2D eigenvalue weighted by atomic mass is 10.2. The molecule has 1 aromatic heterocycles. The van der Waals surface area contributed by atoms with Crippen LogP contribution < -0.4 is 10.1 Å². The third-order valence-electron chi connectivity index (χ3n) is 3.56. The molecule has 0 saturated carbocycles. The van der Waals surface area contributed by atoms with E-state index in [9.17, 15) is 0 Å². The minimum atomic E-state index is 0. The molecule has 0 atom stereocenters. The molecule has 2 aromatic rings. The van der Waals surface area contributed by atoms with E-state index in [1.165, 1.54) is 5.56 Å². The largest absolute Gasteiger partial charge is 0.497 e. The third-order valence-corrected chi connectivity index (χ3v) is 3.56. The molecule has 7 heteroatoms. The van der Waals surface area contributed by atoms with Gasteiger partial charge in [0.2, 0.25) is 0 Å². The predicted octanol–water partition coefficient (Wildman–Crippen LogP) is 2.61. The van der Waals surface area contributed by atoms with Crippen LogP contribution in [0.4, 0.5) is 0 Å². The molecule has 1 N–H and O–H groups in total. The molecule has 0 bridgehead atoms. The van der Waals surface area contributed by atoms with Crippen LogP contribution in [0, 0.1) is 0 Å². The Kier molecular flexibility index (Phi) is 9.21. The maximum absolute atomic E-state index is 5.18. The molecule has 0 amide bonds. The van der Waals surface area contributed by atoms with E-state index in [0.29, 0.717) is 0 Å². The van der Waals surface area contributed by atoms with Crippen LogP contribution in [0.25, 0.3) is 0 Å². The van der Waals surface area contributed by atoms with Crippen molar-refractivity contribution in [3.63, 3.8) is 0 Å². The molecule has 0 radical (unpaired) electrons. The van der Waals surface area contributed by atoms with Crippen molar-refractivity contribution < 1.29 is 4.74 Å². The number of halogens is 1. The fraction of sp³-hybridized carbons (Fsp3) is 0.412. The predicted molar refractivity (Wildman–Crippen MR) is 108 cm³/mol. The molecule has 0 spiro atoms. The molecular formula is C17H26IN5O. The van der Waals surface area contributed by atoms with Gasteiger partial charge in [-0.05, 0) is 30.2 Å². The number of nitrogens with zero attached hydrogens (tertiary/aromatic N) is 4. The van der Waals surface area contributed by atoms with Gasteiger partial charge in [-0.3, -0.25) is 9.67 Å². The molecular weight excluding hydrogens is 417 g/mol. The second kappa shape index (κ2) is 10.9. The molecule has 0 unspecified atom stereocenters. The molecule has 0 aliphatic carbocycles. The zero-order valence-corrected chi connectivity index (χ0v) is 16.8. The summed E-state index contributed by atoms with van der Waals surface area (Å²) in [5, 5.41) is 7.58. The van der Waals surface area contributed by atoms with Gasteiger partial charge in [0.05, 0.1) is 7.11 Å². The first-order valence-corrected chi connectivity index (χ1v) is 7.75. The fourth-order valence-electron chi connectivity index (χ4n) is 2.34. The lowest BCUT2D eigenvalue weighted by Crippen LogP contribution is -2.39. The molecule has 24 heavy (non-hydrogen) atoms. The van der Waals surface area contributed by atoms with E-state index in [1.807, 2.05) is 36.1 Å². The zero-order valence-electron chi connectivity index (χ0n) is 14.5.